The van der Waals surface area contributed by atoms with E-state index >= 15 is 0 Å². The molecule has 1 heterocycles. The molecule has 0 saturated carbocycles. The highest BCUT2D eigenvalue weighted by atomic mass is 16.3. The molecule has 56 heavy (non-hydrogen) atoms. The molecule has 0 unspecified atom stereocenters. The van der Waals surface area contributed by atoms with Gasteiger partial charge < -0.3 is 28.3 Å². The van der Waals surface area contributed by atoms with E-state index in [2.05, 4.69) is 47.4 Å². The van der Waals surface area contributed by atoms with Crippen LogP contribution in [0.25, 0.3) is 0 Å². The van der Waals surface area contributed by atoms with Crippen LogP contribution in [0.2, 0.25) is 0 Å². The largest absolute Gasteiger partial charge is 0.369 e. The van der Waals surface area contributed by atoms with Gasteiger partial charge in [0.1, 0.15) is 11.1 Å². The zero-order valence-corrected chi connectivity index (χ0v) is 31.0. The zero-order valence-electron chi connectivity index (χ0n) is 31.0. The molecule has 0 fully saturated rings. The summed E-state index contributed by atoms with van der Waals surface area (Å²) in [6, 6.07) is 14.2. The Morgan fingerprint density at radius 1 is 0.679 bits per heavy atom. The monoisotopic (exact) mass is 764 g/mol. The van der Waals surface area contributed by atoms with Gasteiger partial charge in [0.25, 0.3) is 23.7 Å². The van der Waals surface area contributed by atoms with Crippen molar-refractivity contribution in [3.05, 3.63) is 92.9 Å². The molecule has 3 aromatic carbocycles. The van der Waals surface area contributed by atoms with Crippen LogP contribution in [0.5, 0.6) is 0 Å². The molecule has 17 N–H and O–H groups in total. The van der Waals surface area contributed by atoms with Crippen molar-refractivity contribution in [3.8, 4) is 0 Å². The predicted octanol–water partition coefficient (Wildman–Crippen LogP) is 1.18. The minimum absolute atomic E-state index is 0.0454. The van der Waals surface area contributed by atoms with Crippen LogP contribution < -0.4 is 54.9 Å². The minimum atomic E-state index is -1.16. The molecular weight excluding hydrogens is 723 g/mol. The van der Waals surface area contributed by atoms with E-state index in [1.807, 2.05) is 0 Å². The Morgan fingerprint density at radius 3 is 1.46 bits per heavy atom. The summed E-state index contributed by atoms with van der Waals surface area (Å²) in [6.07, 6.45) is -1.16. The normalized spacial score (nSPS) is 14.7. The average Bonchev–Trinajstić information content (AvgIpc) is 3.15. The molecule has 0 aliphatic carbocycles. The molecule has 4 rings (SSSR count). The highest BCUT2D eigenvalue weighted by molar-refractivity contribution is 6.16. The minimum Gasteiger partial charge on any atom is -0.369 e. The van der Waals surface area contributed by atoms with Crippen LogP contribution in [0, 0.1) is 26.5 Å². The molecule has 0 spiro atoms. The number of anilines is 2. The quantitative estimate of drug-likeness (QED) is 0.0569. The van der Waals surface area contributed by atoms with Gasteiger partial charge in [0.15, 0.2) is 0 Å². The SMILES string of the molecule is C/C(=N/NC(=N)N)c1cc(NC(=O)c2cccc3c2[N+](=O)[C@H](C)N(c2cc(/C(C)=N\NC(=N)N)cc(/C(C)=N\NC(=N)N)c2)C3=O)cc(/C(C)=N/NC(=N)N)c1. The molecular formula is C34H42N19O3+. The number of hydrogen-bond donors (Lipinski definition) is 13. The Balaban J connectivity index is 1.79. The van der Waals surface area contributed by atoms with Gasteiger partial charge >= 0.3 is 0 Å². The first kappa shape index (κ1) is 40.7. The van der Waals surface area contributed by atoms with Crippen LogP contribution in [0.15, 0.2) is 75.0 Å². The van der Waals surface area contributed by atoms with E-state index in [0.29, 0.717) is 49.9 Å². The van der Waals surface area contributed by atoms with Gasteiger partial charge in [-0.15, -0.1) is 0 Å². The van der Waals surface area contributed by atoms with Gasteiger partial charge in [-0.2, -0.15) is 20.4 Å². The first-order valence-electron chi connectivity index (χ1n) is 16.5. The lowest BCUT2D eigenvalue weighted by molar-refractivity contribution is -0.501. The maximum Gasteiger partial charge on any atom is 0.286 e. The molecule has 22 heteroatoms. The van der Waals surface area contributed by atoms with Gasteiger partial charge in [0.05, 0.1) is 33.3 Å². The molecule has 3 aromatic rings. The fourth-order valence-corrected chi connectivity index (χ4v) is 5.38. The van der Waals surface area contributed by atoms with Crippen molar-refractivity contribution in [2.45, 2.75) is 40.8 Å². The molecule has 1 aliphatic rings. The van der Waals surface area contributed by atoms with Crippen LogP contribution in [0.1, 0.15) is 77.6 Å². The summed E-state index contributed by atoms with van der Waals surface area (Å²) in [4.78, 5) is 43.7. The Kier molecular flexibility index (Phi) is 12.5. The summed E-state index contributed by atoms with van der Waals surface area (Å²) < 4.78 is 0.574. The van der Waals surface area contributed by atoms with Crippen LogP contribution in [0.4, 0.5) is 17.1 Å². The number of para-hydroxylation sites is 1. The summed E-state index contributed by atoms with van der Waals surface area (Å²) in [5.41, 5.74) is 34.9. The molecule has 2 amide bonds. The third kappa shape index (κ3) is 9.68. The maximum atomic E-state index is 14.3. The highest BCUT2D eigenvalue weighted by Crippen LogP contribution is 2.36. The van der Waals surface area contributed by atoms with Crippen LogP contribution in [0.3, 0.4) is 0 Å². The first-order valence-corrected chi connectivity index (χ1v) is 16.5. The lowest BCUT2D eigenvalue weighted by Crippen LogP contribution is -2.48. The van der Waals surface area contributed by atoms with Crippen molar-refractivity contribution >= 4 is 75.6 Å². The van der Waals surface area contributed by atoms with Crippen LogP contribution in [-0.4, -0.2) is 69.4 Å². The van der Waals surface area contributed by atoms with Gasteiger partial charge in [-0.3, -0.25) is 31.2 Å². The number of benzene rings is 3. The molecule has 1 atom stereocenters. The van der Waals surface area contributed by atoms with Gasteiger partial charge in [0, 0.05) is 39.8 Å². The van der Waals surface area contributed by atoms with E-state index in [1.54, 1.807) is 64.1 Å². The number of nitroso groups, excluding NO2 is 1. The fraction of sp³-hybridized carbons (Fsp3) is 0.176. The Morgan fingerprint density at radius 2 is 1.07 bits per heavy atom. The second-order valence-corrected chi connectivity index (χ2v) is 12.2. The summed E-state index contributed by atoms with van der Waals surface area (Å²) in [5.74, 6) is -2.85. The van der Waals surface area contributed by atoms with E-state index in [9.17, 15) is 14.5 Å². The third-order valence-electron chi connectivity index (χ3n) is 8.10. The Hall–Kier alpha value is -8.04. The van der Waals surface area contributed by atoms with Crippen molar-refractivity contribution in [1.82, 2.24) is 21.7 Å². The Bertz CT molecular complexity index is 2180. The number of guanidine groups is 4. The number of fused-ring (bicyclic) bond motifs is 1. The smallest absolute Gasteiger partial charge is 0.286 e. The number of nitrogens with zero attached hydrogens (tertiary/aromatic N) is 6. The second kappa shape index (κ2) is 17.2. The van der Waals surface area contributed by atoms with Crippen molar-refractivity contribution in [3.63, 3.8) is 0 Å². The average molecular weight is 765 g/mol. The zero-order chi connectivity index (χ0) is 41.4. The standard InChI is InChI=1S/C34H41N19O3/c1-15(44-48-31(35)36)20-9-21(16(2)45-49-32(37)38)12-24(11-20)43-29(54)26-7-6-8-27-28(26)53(56)19(5)52(30(27)55)25-13-22(17(3)46-50-33(39)40)10-23(14-25)18(4)47-51-34(41)42/h6-14,19H,1-5H3,(H16-,35,36,37,38,39,40,41,42,43,48,49,50,51,54)/p+1/b44-15-,45-16+,46-17-,47-18-/t19-/m1/s1. The summed E-state index contributed by atoms with van der Waals surface area (Å²) in [5, 5.41) is 49.0. The predicted molar refractivity (Wildman–Crippen MR) is 216 cm³/mol. The summed E-state index contributed by atoms with van der Waals surface area (Å²) in [6.45, 7) is 8.10. The lowest BCUT2D eigenvalue weighted by Gasteiger charge is -2.29. The molecule has 0 saturated heterocycles. The van der Waals surface area contributed by atoms with Gasteiger partial charge in [-0.05, 0) is 76.2 Å². The number of carbonyl (C=O) groups is 2. The Labute approximate surface area is 320 Å². The van der Waals surface area contributed by atoms with Gasteiger partial charge in [-0.1, -0.05) is 6.07 Å². The van der Waals surface area contributed by atoms with E-state index in [0.717, 1.165) is 0 Å². The molecule has 0 bridgehead atoms. The molecule has 0 radical (unpaired) electrons. The van der Waals surface area contributed by atoms with E-state index < -0.39 is 29.9 Å². The molecule has 0 aromatic heterocycles. The van der Waals surface area contributed by atoms with Gasteiger partial charge in [-0.25, -0.2) is 26.6 Å². The number of nitrogens with two attached hydrogens (primary N) is 4. The molecule has 22 nitrogen and oxygen atoms in total. The number of carbonyl (C=O) groups excluding carboxylic acids is 2. The number of nitrogens with one attached hydrogen (secondary N) is 9. The van der Waals surface area contributed by atoms with E-state index in [1.165, 1.54) is 30.0 Å². The number of rotatable bonds is 11. The number of amides is 2. The number of hydrazone groups is 4. The topological polar surface area (TPSA) is 367 Å². The van der Waals surface area contributed by atoms with Crippen molar-refractivity contribution in [2.24, 2.45) is 43.3 Å². The van der Waals surface area contributed by atoms with Crippen molar-refractivity contribution in [1.29, 1.82) is 21.6 Å². The fourth-order valence-electron chi connectivity index (χ4n) is 5.38. The maximum absolute atomic E-state index is 14.3. The summed E-state index contributed by atoms with van der Waals surface area (Å²) >= 11 is 0. The van der Waals surface area contributed by atoms with Crippen LogP contribution in [-0.2, 0) is 0 Å². The van der Waals surface area contributed by atoms with Crippen molar-refractivity contribution in [2.75, 3.05) is 10.2 Å². The van der Waals surface area contributed by atoms with Gasteiger partial charge in [0.2, 0.25) is 23.8 Å². The molecule has 290 valence electrons. The second-order valence-electron chi connectivity index (χ2n) is 12.2. The first-order chi connectivity index (χ1) is 26.4. The van der Waals surface area contributed by atoms with Crippen molar-refractivity contribution < 1.29 is 14.3 Å². The summed E-state index contributed by atoms with van der Waals surface area (Å²) in [7, 11) is 0. The van der Waals surface area contributed by atoms with E-state index in [-0.39, 0.29) is 40.1 Å². The lowest BCUT2D eigenvalue weighted by atomic mass is 9.98. The molecule has 1 aliphatic heterocycles. The van der Waals surface area contributed by atoms with E-state index in [4.69, 9.17) is 44.6 Å². The highest BCUT2D eigenvalue weighted by Gasteiger charge is 2.46. The third-order valence-corrected chi connectivity index (χ3v) is 8.10. The van der Waals surface area contributed by atoms with Crippen LogP contribution >= 0.6 is 0 Å². The number of hydrogen-bond acceptors (Lipinski definition) is 11.